The standard InChI is InChI=1S/C17H24ClN3O3/c1-20-6-8-21(9-7-20)10-15-16(22)14(11-24-15)19-17(23)12-2-4-13(18)5-3-12/h2-5,14-16,22H,6-11H2,1H3,(H,19,23)/t14-,15-,16+/m0/s1. The number of aliphatic hydroxyl groups excluding tert-OH is 1. The van der Waals surface area contributed by atoms with E-state index in [1.165, 1.54) is 0 Å². The predicted octanol–water partition coefficient (Wildman–Crippen LogP) is 0.445. The highest BCUT2D eigenvalue weighted by Gasteiger charge is 2.38. The van der Waals surface area contributed by atoms with Crippen molar-refractivity contribution in [2.75, 3.05) is 46.4 Å². The van der Waals surface area contributed by atoms with Crippen LogP contribution in [0.5, 0.6) is 0 Å². The van der Waals surface area contributed by atoms with E-state index in [0.717, 1.165) is 26.2 Å². The Hall–Kier alpha value is -1.18. The Kier molecular flexibility index (Phi) is 5.73. The molecule has 2 heterocycles. The first kappa shape index (κ1) is 17.6. The molecule has 3 atom stereocenters. The number of hydrogen-bond donors (Lipinski definition) is 2. The third-order valence-electron chi connectivity index (χ3n) is 4.74. The van der Waals surface area contributed by atoms with Gasteiger partial charge in [-0.05, 0) is 31.3 Å². The van der Waals surface area contributed by atoms with E-state index in [9.17, 15) is 9.90 Å². The summed E-state index contributed by atoms with van der Waals surface area (Å²) in [5.41, 5.74) is 0.522. The molecule has 3 rings (SSSR count). The highest BCUT2D eigenvalue weighted by atomic mass is 35.5. The monoisotopic (exact) mass is 353 g/mol. The zero-order valence-corrected chi connectivity index (χ0v) is 14.6. The summed E-state index contributed by atoms with van der Waals surface area (Å²) < 4.78 is 5.72. The van der Waals surface area contributed by atoms with Gasteiger partial charge >= 0.3 is 0 Å². The van der Waals surface area contributed by atoms with Crippen molar-refractivity contribution in [3.05, 3.63) is 34.9 Å². The Labute approximate surface area is 147 Å². The second-order valence-corrected chi connectivity index (χ2v) is 6.99. The first-order valence-corrected chi connectivity index (χ1v) is 8.68. The lowest BCUT2D eigenvalue weighted by Gasteiger charge is -2.34. The minimum Gasteiger partial charge on any atom is -0.388 e. The lowest BCUT2D eigenvalue weighted by atomic mass is 10.1. The third kappa shape index (κ3) is 4.26. The van der Waals surface area contributed by atoms with Crippen LogP contribution in [0.25, 0.3) is 0 Å². The van der Waals surface area contributed by atoms with E-state index in [2.05, 4.69) is 22.2 Å². The highest BCUT2D eigenvalue weighted by Crippen LogP contribution is 2.17. The third-order valence-corrected chi connectivity index (χ3v) is 4.99. The van der Waals surface area contributed by atoms with E-state index >= 15 is 0 Å². The fraction of sp³-hybridized carbons (Fsp3) is 0.588. The van der Waals surface area contributed by atoms with E-state index in [0.29, 0.717) is 23.7 Å². The van der Waals surface area contributed by atoms with Crippen LogP contribution in [0.2, 0.25) is 5.02 Å². The molecule has 2 aliphatic rings. The second kappa shape index (κ2) is 7.80. The normalized spacial score (nSPS) is 28.9. The molecular weight excluding hydrogens is 330 g/mol. The quantitative estimate of drug-likeness (QED) is 0.822. The molecule has 0 saturated carbocycles. The average molecular weight is 354 g/mol. The number of carbonyl (C=O) groups excluding carboxylic acids is 1. The maximum Gasteiger partial charge on any atom is 0.251 e. The molecule has 1 amide bonds. The lowest BCUT2D eigenvalue weighted by molar-refractivity contribution is 0.00606. The molecule has 0 spiro atoms. The van der Waals surface area contributed by atoms with Crippen molar-refractivity contribution >= 4 is 17.5 Å². The summed E-state index contributed by atoms with van der Waals surface area (Å²) in [7, 11) is 2.11. The Morgan fingerprint density at radius 3 is 2.62 bits per heavy atom. The first-order valence-electron chi connectivity index (χ1n) is 8.30. The zero-order valence-electron chi connectivity index (χ0n) is 13.8. The molecular formula is C17H24ClN3O3. The van der Waals surface area contributed by atoms with Crippen LogP contribution in [0.3, 0.4) is 0 Å². The minimum absolute atomic E-state index is 0.223. The van der Waals surface area contributed by atoms with Crippen molar-refractivity contribution in [3.63, 3.8) is 0 Å². The number of hydrogen-bond acceptors (Lipinski definition) is 5. The van der Waals surface area contributed by atoms with Gasteiger partial charge in [0.15, 0.2) is 0 Å². The molecule has 2 saturated heterocycles. The fourth-order valence-electron chi connectivity index (χ4n) is 3.11. The molecule has 0 bridgehead atoms. The van der Waals surface area contributed by atoms with Gasteiger partial charge in [0.2, 0.25) is 0 Å². The van der Waals surface area contributed by atoms with Gasteiger partial charge in [-0.3, -0.25) is 9.69 Å². The maximum atomic E-state index is 12.3. The van der Waals surface area contributed by atoms with Gasteiger partial charge in [-0.2, -0.15) is 0 Å². The van der Waals surface area contributed by atoms with Crippen LogP contribution in [0.15, 0.2) is 24.3 Å². The highest BCUT2D eigenvalue weighted by molar-refractivity contribution is 6.30. The molecule has 0 aliphatic carbocycles. The zero-order chi connectivity index (χ0) is 17.1. The Balaban J connectivity index is 1.51. The summed E-state index contributed by atoms with van der Waals surface area (Å²) in [6.07, 6.45) is -0.954. The van der Waals surface area contributed by atoms with Crippen molar-refractivity contribution in [2.24, 2.45) is 0 Å². The van der Waals surface area contributed by atoms with Gasteiger partial charge < -0.3 is 20.1 Å². The molecule has 6 nitrogen and oxygen atoms in total. The minimum atomic E-state index is -0.694. The molecule has 0 unspecified atom stereocenters. The Morgan fingerprint density at radius 1 is 1.29 bits per heavy atom. The number of amides is 1. The van der Waals surface area contributed by atoms with Gasteiger partial charge in [-0.15, -0.1) is 0 Å². The number of carbonyl (C=O) groups is 1. The number of rotatable bonds is 4. The van der Waals surface area contributed by atoms with Gasteiger partial charge in [0, 0.05) is 43.3 Å². The summed E-state index contributed by atoms with van der Waals surface area (Å²) in [4.78, 5) is 16.8. The van der Waals surface area contributed by atoms with E-state index in [-0.39, 0.29) is 18.1 Å². The van der Waals surface area contributed by atoms with Crippen LogP contribution in [0, 0.1) is 0 Å². The number of benzene rings is 1. The number of nitrogens with zero attached hydrogens (tertiary/aromatic N) is 2. The van der Waals surface area contributed by atoms with E-state index in [1.807, 2.05) is 0 Å². The molecule has 7 heteroatoms. The number of ether oxygens (including phenoxy) is 1. The van der Waals surface area contributed by atoms with E-state index < -0.39 is 6.10 Å². The van der Waals surface area contributed by atoms with Crippen molar-refractivity contribution in [1.82, 2.24) is 15.1 Å². The summed E-state index contributed by atoms with van der Waals surface area (Å²) in [6.45, 7) is 5.04. The smallest absolute Gasteiger partial charge is 0.251 e. The molecule has 2 fully saturated rings. The summed E-state index contributed by atoms with van der Waals surface area (Å²) in [5, 5.41) is 13.9. The molecule has 132 valence electrons. The Morgan fingerprint density at radius 2 is 1.96 bits per heavy atom. The van der Waals surface area contributed by atoms with E-state index in [4.69, 9.17) is 16.3 Å². The van der Waals surface area contributed by atoms with Crippen molar-refractivity contribution in [3.8, 4) is 0 Å². The first-order chi connectivity index (χ1) is 11.5. The van der Waals surface area contributed by atoms with Crippen LogP contribution < -0.4 is 5.32 Å². The van der Waals surface area contributed by atoms with Gasteiger partial charge in [-0.1, -0.05) is 11.6 Å². The van der Waals surface area contributed by atoms with Crippen LogP contribution >= 0.6 is 11.6 Å². The SMILES string of the molecule is CN1CCN(C[C@@H]2OC[C@H](NC(=O)c3ccc(Cl)cc3)[C@H]2O)CC1. The molecule has 2 aliphatic heterocycles. The van der Waals surface area contributed by atoms with Gasteiger partial charge in [0.25, 0.3) is 5.91 Å². The lowest BCUT2D eigenvalue weighted by Crippen LogP contribution is -2.50. The Bertz CT molecular complexity index is 561. The summed E-state index contributed by atoms with van der Waals surface area (Å²) in [5.74, 6) is -0.223. The van der Waals surface area contributed by atoms with Gasteiger partial charge in [0.1, 0.15) is 6.10 Å². The number of aliphatic hydroxyl groups is 1. The van der Waals surface area contributed by atoms with Crippen LogP contribution in [0.4, 0.5) is 0 Å². The van der Waals surface area contributed by atoms with Crippen molar-refractivity contribution in [2.45, 2.75) is 18.2 Å². The summed E-state index contributed by atoms with van der Waals surface area (Å²) >= 11 is 5.83. The largest absolute Gasteiger partial charge is 0.388 e. The topological polar surface area (TPSA) is 65.0 Å². The number of likely N-dealkylation sites (N-methyl/N-ethyl adjacent to an activating group) is 1. The van der Waals surface area contributed by atoms with Crippen molar-refractivity contribution < 1.29 is 14.6 Å². The molecule has 1 aromatic rings. The molecule has 0 radical (unpaired) electrons. The maximum absolute atomic E-state index is 12.3. The van der Waals surface area contributed by atoms with Gasteiger partial charge in [-0.25, -0.2) is 0 Å². The fourth-order valence-corrected chi connectivity index (χ4v) is 3.24. The van der Waals surface area contributed by atoms with E-state index in [1.54, 1.807) is 24.3 Å². The molecule has 2 N–H and O–H groups in total. The summed E-state index contributed by atoms with van der Waals surface area (Å²) in [6, 6.07) is 6.30. The van der Waals surface area contributed by atoms with Crippen LogP contribution in [-0.4, -0.2) is 85.4 Å². The number of nitrogens with one attached hydrogen (secondary N) is 1. The number of piperazine rings is 1. The van der Waals surface area contributed by atoms with Crippen molar-refractivity contribution in [1.29, 1.82) is 0 Å². The second-order valence-electron chi connectivity index (χ2n) is 6.55. The molecule has 1 aromatic carbocycles. The van der Waals surface area contributed by atoms with Crippen LogP contribution in [-0.2, 0) is 4.74 Å². The predicted molar refractivity (Wildman–Crippen MR) is 92.4 cm³/mol. The van der Waals surface area contributed by atoms with Crippen LogP contribution in [0.1, 0.15) is 10.4 Å². The molecule has 24 heavy (non-hydrogen) atoms. The average Bonchev–Trinajstić information content (AvgIpc) is 2.91. The molecule has 0 aromatic heterocycles. The number of halogens is 1. The van der Waals surface area contributed by atoms with Gasteiger partial charge in [0.05, 0.1) is 18.8 Å².